The van der Waals surface area contributed by atoms with Crippen LogP contribution in [-0.4, -0.2) is 26.3 Å². The van der Waals surface area contributed by atoms with E-state index in [4.69, 9.17) is 16.6 Å². The lowest BCUT2D eigenvalue weighted by Crippen LogP contribution is -2.08. The molecule has 0 saturated carbocycles. The summed E-state index contributed by atoms with van der Waals surface area (Å²) in [6.45, 7) is 2.02. The monoisotopic (exact) mass is 351 g/mol. The zero-order valence-corrected chi connectivity index (χ0v) is 14.2. The summed E-state index contributed by atoms with van der Waals surface area (Å²) in [6.07, 6.45) is 0. The van der Waals surface area contributed by atoms with Crippen LogP contribution >= 0.6 is 11.6 Å². The zero-order chi connectivity index (χ0) is 17.6. The molecule has 1 aliphatic rings. The maximum atomic E-state index is 11.6. The van der Waals surface area contributed by atoms with E-state index in [1.807, 2.05) is 53.1 Å². The lowest BCUT2D eigenvalue weighted by atomic mass is 10.0. The fraction of sp³-hybridized carbons (Fsp3) is 0.105. The molecule has 124 valence electrons. The van der Waals surface area contributed by atoms with Crippen LogP contribution in [0.25, 0.3) is 5.69 Å². The smallest absolute Gasteiger partial charge is 0.356 e. The van der Waals surface area contributed by atoms with Gasteiger partial charge in [-0.05, 0) is 19.1 Å². The highest BCUT2D eigenvalue weighted by molar-refractivity contribution is 6.35. The number of nitrogens with zero attached hydrogens (tertiary/aromatic N) is 3. The largest absolute Gasteiger partial charge is 0.476 e. The van der Waals surface area contributed by atoms with E-state index < -0.39 is 5.97 Å². The van der Waals surface area contributed by atoms with Gasteiger partial charge in [-0.25, -0.2) is 9.78 Å². The van der Waals surface area contributed by atoms with Gasteiger partial charge in [0.05, 0.1) is 23.6 Å². The first-order valence-corrected chi connectivity index (χ1v) is 8.16. The van der Waals surface area contributed by atoms with Gasteiger partial charge in [-0.15, -0.1) is 0 Å². The van der Waals surface area contributed by atoms with Crippen molar-refractivity contribution in [2.24, 2.45) is 4.99 Å². The first-order valence-electron chi connectivity index (χ1n) is 7.78. The van der Waals surface area contributed by atoms with Crippen molar-refractivity contribution in [3.8, 4) is 5.69 Å². The Morgan fingerprint density at radius 3 is 2.52 bits per heavy atom. The van der Waals surface area contributed by atoms with Crippen LogP contribution in [-0.2, 0) is 6.54 Å². The number of aromatic nitrogens is 2. The molecule has 0 spiro atoms. The highest BCUT2D eigenvalue weighted by Gasteiger charge is 2.26. The number of carboxylic acid groups (broad SMARTS) is 1. The van der Waals surface area contributed by atoms with Crippen molar-refractivity contribution in [3.05, 3.63) is 81.9 Å². The summed E-state index contributed by atoms with van der Waals surface area (Å²) in [5.41, 5.74) is 3.93. The van der Waals surface area contributed by atoms with E-state index in [2.05, 4.69) is 4.98 Å². The molecule has 1 N–H and O–H groups in total. The van der Waals surface area contributed by atoms with E-state index in [0.29, 0.717) is 16.5 Å². The molecule has 0 bridgehead atoms. The van der Waals surface area contributed by atoms with Crippen LogP contribution in [0.3, 0.4) is 0 Å². The maximum absolute atomic E-state index is 11.6. The molecule has 2 heterocycles. The minimum atomic E-state index is -1.05. The second kappa shape index (κ2) is 5.86. The van der Waals surface area contributed by atoms with Gasteiger partial charge in [-0.3, -0.25) is 9.56 Å². The lowest BCUT2D eigenvalue weighted by Gasteiger charge is -2.13. The molecule has 6 heteroatoms. The number of carboxylic acids is 1. The predicted molar refractivity (Wildman–Crippen MR) is 96.1 cm³/mol. The number of fused-ring (bicyclic) bond motifs is 3. The number of hydrogen-bond acceptors (Lipinski definition) is 3. The van der Waals surface area contributed by atoms with Crippen molar-refractivity contribution in [2.75, 3.05) is 0 Å². The van der Waals surface area contributed by atoms with Crippen LogP contribution in [0, 0.1) is 6.92 Å². The molecule has 0 unspecified atom stereocenters. The number of carbonyl (C=O) groups is 1. The molecular weight excluding hydrogens is 338 g/mol. The second-order valence-electron chi connectivity index (χ2n) is 5.76. The molecule has 1 aromatic heterocycles. The number of aromatic carboxylic acids is 1. The molecule has 0 atom stereocenters. The fourth-order valence-corrected chi connectivity index (χ4v) is 3.43. The third kappa shape index (κ3) is 2.44. The first kappa shape index (κ1) is 15.6. The summed E-state index contributed by atoms with van der Waals surface area (Å²) in [6, 6.07) is 15.3. The Hall–Kier alpha value is -2.92. The topological polar surface area (TPSA) is 67.5 Å². The van der Waals surface area contributed by atoms with Crippen LogP contribution in [0.15, 0.2) is 53.5 Å². The molecule has 0 saturated heterocycles. The predicted octanol–water partition coefficient (Wildman–Crippen LogP) is 3.88. The van der Waals surface area contributed by atoms with Gasteiger partial charge in [0.2, 0.25) is 0 Å². The first-order chi connectivity index (χ1) is 12.1. The van der Waals surface area contributed by atoms with Crippen molar-refractivity contribution in [2.45, 2.75) is 13.5 Å². The van der Waals surface area contributed by atoms with Crippen molar-refractivity contribution < 1.29 is 9.90 Å². The highest BCUT2D eigenvalue weighted by atomic mass is 35.5. The number of halogens is 1. The zero-order valence-electron chi connectivity index (χ0n) is 13.4. The maximum Gasteiger partial charge on any atom is 0.356 e. The quantitative estimate of drug-likeness (QED) is 0.761. The van der Waals surface area contributed by atoms with E-state index in [-0.39, 0.29) is 12.2 Å². The van der Waals surface area contributed by atoms with E-state index in [1.54, 1.807) is 6.92 Å². The number of aryl methyl sites for hydroxylation is 1. The van der Waals surface area contributed by atoms with Crippen molar-refractivity contribution in [3.63, 3.8) is 0 Å². The molecule has 0 amide bonds. The highest BCUT2D eigenvalue weighted by Crippen LogP contribution is 2.30. The molecule has 0 radical (unpaired) electrons. The number of para-hydroxylation sites is 1. The molecule has 4 rings (SSSR count). The van der Waals surface area contributed by atoms with Crippen LogP contribution in [0.2, 0.25) is 5.02 Å². The minimum Gasteiger partial charge on any atom is -0.476 e. The third-order valence-electron chi connectivity index (χ3n) is 4.26. The number of rotatable bonds is 2. The molecule has 2 aromatic carbocycles. The van der Waals surface area contributed by atoms with E-state index in [0.717, 1.165) is 22.5 Å². The third-order valence-corrected chi connectivity index (χ3v) is 4.59. The number of imidazole rings is 1. The van der Waals surface area contributed by atoms with Gasteiger partial charge in [0.1, 0.15) is 5.82 Å². The lowest BCUT2D eigenvalue weighted by molar-refractivity contribution is 0.0689. The summed E-state index contributed by atoms with van der Waals surface area (Å²) in [5, 5.41) is 10.1. The standard InChI is InChI=1S/C19H14ClN3O2/c1-11-22-18(19(24)25)16-10-21-17(12-6-2-4-8-14(12)20)13-7-3-5-9-15(13)23(11)16/h2-9H,10H2,1H3,(H,24,25). The summed E-state index contributed by atoms with van der Waals surface area (Å²) >= 11 is 6.38. The number of benzene rings is 2. The average molecular weight is 352 g/mol. The minimum absolute atomic E-state index is 0.0384. The van der Waals surface area contributed by atoms with E-state index in [1.165, 1.54) is 0 Å². The van der Waals surface area contributed by atoms with Gasteiger partial charge in [-0.2, -0.15) is 0 Å². The molecule has 25 heavy (non-hydrogen) atoms. The Bertz CT molecular complexity index is 1040. The fourth-order valence-electron chi connectivity index (χ4n) is 3.21. The molecule has 0 fully saturated rings. The van der Waals surface area contributed by atoms with E-state index in [9.17, 15) is 9.90 Å². The normalized spacial score (nSPS) is 12.8. The molecular formula is C19H14ClN3O2. The Balaban J connectivity index is 2.02. The summed E-state index contributed by atoms with van der Waals surface area (Å²) in [5.74, 6) is -0.429. The molecule has 3 aromatic rings. The number of hydrogen-bond donors (Lipinski definition) is 1. The van der Waals surface area contributed by atoms with Gasteiger partial charge in [0, 0.05) is 16.1 Å². The van der Waals surface area contributed by atoms with Crippen LogP contribution < -0.4 is 0 Å². The van der Waals surface area contributed by atoms with Crippen molar-refractivity contribution in [1.29, 1.82) is 0 Å². The van der Waals surface area contributed by atoms with E-state index >= 15 is 0 Å². The van der Waals surface area contributed by atoms with Crippen molar-refractivity contribution in [1.82, 2.24) is 9.55 Å². The Labute approximate surface area is 149 Å². The molecule has 1 aliphatic heterocycles. The van der Waals surface area contributed by atoms with Gasteiger partial charge in [0.25, 0.3) is 0 Å². The Morgan fingerprint density at radius 2 is 1.80 bits per heavy atom. The summed E-state index contributed by atoms with van der Waals surface area (Å²) < 4.78 is 1.87. The van der Waals surface area contributed by atoms with Gasteiger partial charge < -0.3 is 5.11 Å². The SMILES string of the molecule is Cc1nc(C(=O)O)c2n1-c1ccccc1C(c1ccccc1Cl)=NC2. The van der Waals surface area contributed by atoms with Crippen LogP contribution in [0.1, 0.15) is 33.1 Å². The van der Waals surface area contributed by atoms with Gasteiger partial charge >= 0.3 is 5.97 Å². The molecule has 5 nitrogen and oxygen atoms in total. The Morgan fingerprint density at radius 1 is 1.12 bits per heavy atom. The average Bonchev–Trinajstić information content (AvgIpc) is 2.83. The number of aliphatic imine (C=N–C) groups is 1. The van der Waals surface area contributed by atoms with Crippen LogP contribution in [0.4, 0.5) is 0 Å². The summed E-state index contributed by atoms with van der Waals surface area (Å²) in [4.78, 5) is 20.5. The Kier molecular flexibility index (Phi) is 3.66. The van der Waals surface area contributed by atoms with Crippen LogP contribution in [0.5, 0.6) is 0 Å². The second-order valence-corrected chi connectivity index (χ2v) is 6.16. The molecule has 0 aliphatic carbocycles. The van der Waals surface area contributed by atoms with Crippen molar-refractivity contribution >= 4 is 23.3 Å². The summed E-state index contributed by atoms with van der Waals surface area (Å²) in [7, 11) is 0. The van der Waals surface area contributed by atoms with Gasteiger partial charge in [-0.1, -0.05) is 48.0 Å². The van der Waals surface area contributed by atoms with Gasteiger partial charge in [0.15, 0.2) is 5.69 Å².